The molecular weight excluding hydrogens is 278 g/mol. The Morgan fingerprint density at radius 1 is 0.591 bits per heavy atom. The summed E-state index contributed by atoms with van der Waals surface area (Å²) < 4.78 is 27.8. The summed E-state index contributed by atoms with van der Waals surface area (Å²) in [6.07, 6.45) is 0. The first-order valence-corrected chi connectivity index (χ1v) is 6.94. The molecular formula is C20H10F2. The van der Waals surface area contributed by atoms with E-state index in [0.29, 0.717) is 11.1 Å². The van der Waals surface area contributed by atoms with E-state index in [1.165, 1.54) is 12.1 Å². The molecule has 2 heteroatoms. The van der Waals surface area contributed by atoms with Crippen molar-refractivity contribution < 1.29 is 8.78 Å². The summed E-state index contributed by atoms with van der Waals surface area (Å²) in [6, 6.07) is 23.2. The van der Waals surface area contributed by atoms with E-state index in [0.717, 1.165) is 21.5 Å². The number of fused-ring (bicyclic) bond motifs is 2. The Kier molecular flexibility index (Phi) is 2.90. The largest absolute Gasteiger partial charge is 0.206 e. The van der Waals surface area contributed by atoms with Gasteiger partial charge >= 0.3 is 0 Å². The molecule has 0 atom stereocenters. The highest BCUT2D eigenvalue weighted by molar-refractivity contribution is 6.05. The Morgan fingerprint density at radius 3 is 1.45 bits per heavy atom. The van der Waals surface area contributed by atoms with Crippen molar-refractivity contribution >= 4 is 21.5 Å². The molecule has 4 aromatic rings. The molecule has 0 aromatic heterocycles. The highest BCUT2D eigenvalue weighted by atomic mass is 19.1. The predicted molar refractivity (Wildman–Crippen MR) is 84.5 cm³/mol. The first-order chi connectivity index (χ1) is 10.7. The van der Waals surface area contributed by atoms with Gasteiger partial charge in [0, 0.05) is 23.3 Å². The second-order valence-corrected chi connectivity index (χ2v) is 5.16. The van der Waals surface area contributed by atoms with Crippen LogP contribution in [0.3, 0.4) is 0 Å². The smallest absolute Gasteiger partial charge is 0.132 e. The van der Waals surface area contributed by atoms with Crippen LogP contribution in [0.4, 0.5) is 8.78 Å². The number of rotatable bonds is 1. The van der Waals surface area contributed by atoms with Crippen LogP contribution in [0.5, 0.6) is 0 Å². The van der Waals surface area contributed by atoms with Crippen LogP contribution in [0, 0.1) is 23.8 Å². The van der Waals surface area contributed by atoms with Crippen molar-refractivity contribution in [3.63, 3.8) is 0 Å². The number of halogens is 2. The van der Waals surface area contributed by atoms with Gasteiger partial charge in [0.1, 0.15) is 11.6 Å². The van der Waals surface area contributed by atoms with Gasteiger partial charge in [0.2, 0.25) is 0 Å². The first kappa shape index (κ1) is 13.0. The minimum Gasteiger partial charge on any atom is -0.206 e. The molecule has 0 aliphatic carbocycles. The lowest BCUT2D eigenvalue weighted by Crippen LogP contribution is -1.89. The van der Waals surface area contributed by atoms with Crippen LogP contribution in [0.1, 0.15) is 0 Å². The Hall–Kier alpha value is -2.74. The Labute approximate surface area is 126 Å². The highest BCUT2D eigenvalue weighted by Gasteiger charge is 2.12. The zero-order valence-corrected chi connectivity index (χ0v) is 11.5. The van der Waals surface area contributed by atoms with Crippen LogP contribution in [-0.4, -0.2) is 0 Å². The van der Waals surface area contributed by atoms with Gasteiger partial charge in [0.05, 0.1) is 0 Å². The molecule has 0 unspecified atom stereocenters. The molecule has 0 bridgehead atoms. The van der Waals surface area contributed by atoms with Gasteiger partial charge in [-0.15, -0.1) is 0 Å². The molecule has 0 amide bonds. The van der Waals surface area contributed by atoms with Gasteiger partial charge in [0.15, 0.2) is 0 Å². The van der Waals surface area contributed by atoms with E-state index >= 15 is 0 Å². The molecule has 0 saturated carbocycles. The molecule has 0 heterocycles. The van der Waals surface area contributed by atoms with Gasteiger partial charge in [-0.2, -0.15) is 0 Å². The molecule has 0 aliphatic rings. The molecule has 0 N–H and O–H groups in total. The van der Waals surface area contributed by atoms with Gasteiger partial charge in [-0.1, -0.05) is 48.5 Å². The van der Waals surface area contributed by atoms with E-state index in [2.05, 4.69) is 12.1 Å². The maximum absolute atomic E-state index is 13.9. The predicted octanol–water partition coefficient (Wildman–Crippen LogP) is 5.54. The third-order valence-corrected chi connectivity index (χ3v) is 3.76. The molecule has 0 fully saturated rings. The number of benzene rings is 4. The Bertz CT molecular complexity index is 920. The fraction of sp³-hybridized carbons (Fsp3) is 0. The second kappa shape index (κ2) is 4.92. The van der Waals surface area contributed by atoms with E-state index in [9.17, 15) is 8.78 Å². The Balaban J connectivity index is 2.16. The van der Waals surface area contributed by atoms with Crippen LogP contribution < -0.4 is 0 Å². The third-order valence-electron chi connectivity index (χ3n) is 3.76. The SMILES string of the molecule is Fc1[c]c(-c2[c]c(F)cc3ccccc23)c2ccccc2c1. The lowest BCUT2D eigenvalue weighted by molar-refractivity contribution is 0.625. The molecule has 4 rings (SSSR count). The topological polar surface area (TPSA) is 0 Å². The normalized spacial score (nSPS) is 11.2. The second-order valence-electron chi connectivity index (χ2n) is 5.16. The third kappa shape index (κ3) is 2.04. The van der Waals surface area contributed by atoms with Crippen LogP contribution in [0.2, 0.25) is 0 Å². The fourth-order valence-electron chi connectivity index (χ4n) is 2.81. The fourth-order valence-corrected chi connectivity index (χ4v) is 2.81. The van der Waals surface area contributed by atoms with E-state index in [-0.39, 0.29) is 0 Å². The van der Waals surface area contributed by atoms with Crippen molar-refractivity contribution in [1.29, 1.82) is 0 Å². The molecule has 22 heavy (non-hydrogen) atoms. The van der Waals surface area contributed by atoms with Crippen molar-refractivity contribution in [3.05, 3.63) is 84.4 Å². The quantitative estimate of drug-likeness (QED) is 0.431. The summed E-state index contributed by atoms with van der Waals surface area (Å²) in [5.41, 5.74) is 1.07. The molecule has 0 spiro atoms. The van der Waals surface area contributed by atoms with Crippen molar-refractivity contribution in [2.24, 2.45) is 0 Å². The molecule has 0 nitrogen and oxygen atoms in total. The van der Waals surface area contributed by atoms with Crippen molar-refractivity contribution in [3.8, 4) is 11.1 Å². The van der Waals surface area contributed by atoms with Crippen LogP contribution in [-0.2, 0) is 0 Å². The zero-order valence-electron chi connectivity index (χ0n) is 11.5. The number of hydrogen-bond acceptors (Lipinski definition) is 0. The summed E-state index contributed by atoms with van der Waals surface area (Å²) in [4.78, 5) is 0. The Morgan fingerprint density at radius 2 is 1.00 bits per heavy atom. The lowest BCUT2D eigenvalue weighted by Gasteiger charge is -2.10. The average Bonchev–Trinajstić information content (AvgIpc) is 2.53. The summed E-state index contributed by atoms with van der Waals surface area (Å²) in [6.45, 7) is 0. The minimum absolute atomic E-state index is 0.463. The van der Waals surface area contributed by atoms with Gasteiger partial charge in [-0.3, -0.25) is 0 Å². The maximum Gasteiger partial charge on any atom is 0.132 e. The van der Waals surface area contributed by atoms with Gasteiger partial charge in [-0.05, 0) is 33.7 Å². The van der Waals surface area contributed by atoms with E-state index in [1.54, 1.807) is 0 Å². The highest BCUT2D eigenvalue weighted by Crippen LogP contribution is 2.34. The van der Waals surface area contributed by atoms with Crippen LogP contribution in [0.15, 0.2) is 60.7 Å². The molecule has 0 saturated heterocycles. The van der Waals surface area contributed by atoms with Crippen molar-refractivity contribution in [2.75, 3.05) is 0 Å². The van der Waals surface area contributed by atoms with Gasteiger partial charge in [-0.25, -0.2) is 8.78 Å². The maximum atomic E-state index is 13.9. The molecule has 104 valence electrons. The molecule has 4 aromatic carbocycles. The first-order valence-electron chi connectivity index (χ1n) is 6.94. The van der Waals surface area contributed by atoms with Crippen LogP contribution >= 0.6 is 0 Å². The molecule has 2 radical (unpaired) electrons. The number of hydrogen-bond donors (Lipinski definition) is 0. The standard InChI is InChI=1S/C20H10F2/c21-15-9-13-5-1-3-7-17(13)19(11-15)20-12-16(22)10-14-6-2-4-8-18(14)20/h1-10H. The summed E-state index contributed by atoms with van der Waals surface area (Å²) in [5, 5.41) is 3.18. The van der Waals surface area contributed by atoms with Crippen molar-refractivity contribution in [1.82, 2.24) is 0 Å². The van der Waals surface area contributed by atoms with Crippen LogP contribution in [0.25, 0.3) is 32.7 Å². The zero-order chi connectivity index (χ0) is 15.1. The summed E-state index contributed by atoms with van der Waals surface area (Å²) in [5.74, 6) is -0.925. The lowest BCUT2D eigenvalue weighted by atomic mass is 9.93. The average molecular weight is 288 g/mol. The van der Waals surface area contributed by atoms with Gasteiger partial charge in [0.25, 0.3) is 0 Å². The van der Waals surface area contributed by atoms with Gasteiger partial charge < -0.3 is 0 Å². The van der Waals surface area contributed by atoms with E-state index < -0.39 is 11.6 Å². The minimum atomic E-state index is -0.463. The van der Waals surface area contributed by atoms with E-state index in [1.807, 2.05) is 48.5 Å². The monoisotopic (exact) mass is 288 g/mol. The summed E-state index contributed by atoms with van der Waals surface area (Å²) >= 11 is 0. The van der Waals surface area contributed by atoms with Crippen molar-refractivity contribution in [2.45, 2.75) is 0 Å². The summed E-state index contributed by atoms with van der Waals surface area (Å²) in [7, 11) is 0. The molecule has 0 aliphatic heterocycles. The van der Waals surface area contributed by atoms with E-state index in [4.69, 9.17) is 0 Å².